The molecule has 2 aliphatic rings. The molecule has 32 heavy (non-hydrogen) atoms. The topological polar surface area (TPSA) is 80.6 Å². The Balaban J connectivity index is 1.72. The predicted molar refractivity (Wildman–Crippen MR) is 121 cm³/mol. The summed E-state index contributed by atoms with van der Waals surface area (Å²) in [6.45, 7) is 9.80. The molecule has 1 fully saturated rings. The summed E-state index contributed by atoms with van der Waals surface area (Å²) in [5.41, 5.74) is 3.20. The number of aromatic nitrogens is 3. The zero-order chi connectivity index (χ0) is 22.8. The van der Waals surface area contributed by atoms with Gasteiger partial charge in [0.15, 0.2) is 0 Å². The van der Waals surface area contributed by atoms with E-state index in [9.17, 15) is 9.59 Å². The van der Waals surface area contributed by atoms with E-state index in [1.54, 1.807) is 16.5 Å². The molecule has 0 spiro atoms. The van der Waals surface area contributed by atoms with Crippen molar-refractivity contribution >= 4 is 17.8 Å². The van der Waals surface area contributed by atoms with Crippen molar-refractivity contribution in [2.45, 2.75) is 46.6 Å². The second kappa shape index (κ2) is 9.14. The molecule has 2 aliphatic heterocycles. The lowest BCUT2D eigenvalue weighted by Gasteiger charge is -2.37. The van der Waals surface area contributed by atoms with Crippen molar-refractivity contribution < 1.29 is 14.3 Å². The summed E-state index contributed by atoms with van der Waals surface area (Å²) in [5, 5.41) is 4.44. The third-order valence-corrected chi connectivity index (χ3v) is 6.43. The second-order valence-electron chi connectivity index (χ2n) is 8.69. The Morgan fingerprint density at radius 1 is 1.12 bits per heavy atom. The van der Waals surface area contributed by atoms with Crippen LogP contribution in [0.1, 0.15) is 50.8 Å². The smallest absolute Gasteiger partial charge is 0.338 e. The molecule has 2 aromatic rings. The fourth-order valence-electron chi connectivity index (χ4n) is 4.44. The van der Waals surface area contributed by atoms with Gasteiger partial charge in [0.05, 0.1) is 12.2 Å². The lowest BCUT2D eigenvalue weighted by Crippen LogP contribution is -2.46. The molecule has 0 radical (unpaired) electrons. The highest BCUT2D eigenvalue weighted by atomic mass is 16.5. The zero-order valence-corrected chi connectivity index (χ0v) is 19.2. The van der Waals surface area contributed by atoms with E-state index in [4.69, 9.17) is 4.74 Å². The Hall–Kier alpha value is -3.16. The van der Waals surface area contributed by atoms with Crippen LogP contribution in [0.4, 0.5) is 5.95 Å². The average molecular weight is 438 g/mol. The van der Waals surface area contributed by atoms with Gasteiger partial charge in [0.2, 0.25) is 11.9 Å². The fourth-order valence-corrected chi connectivity index (χ4v) is 4.44. The number of aryl methyl sites for hydroxylation is 1. The average Bonchev–Trinajstić information content (AvgIpc) is 3.26. The lowest BCUT2D eigenvalue weighted by atomic mass is 9.94. The minimum Gasteiger partial charge on any atom is -0.463 e. The van der Waals surface area contributed by atoms with E-state index < -0.39 is 12.0 Å². The molecule has 0 aliphatic carbocycles. The number of anilines is 1. The van der Waals surface area contributed by atoms with Crippen LogP contribution in [0.15, 0.2) is 41.9 Å². The van der Waals surface area contributed by atoms with Gasteiger partial charge in [0.1, 0.15) is 18.9 Å². The lowest BCUT2D eigenvalue weighted by molar-refractivity contribution is -0.139. The van der Waals surface area contributed by atoms with E-state index >= 15 is 0 Å². The number of hydrogen-bond donors (Lipinski definition) is 0. The van der Waals surface area contributed by atoms with E-state index in [2.05, 4.69) is 17.0 Å². The Kier molecular flexibility index (Phi) is 6.30. The van der Waals surface area contributed by atoms with Crippen molar-refractivity contribution in [1.29, 1.82) is 0 Å². The number of ether oxygens (including phenoxy) is 1. The van der Waals surface area contributed by atoms with Crippen molar-refractivity contribution in [2.75, 3.05) is 31.1 Å². The van der Waals surface area contributed by atoms with Crippen molar-refractivity contribution in [3.8, 4) is 0 Å². The monoisotopic (exact) mass is 437 g/mol. The first-order chi connectivity index (χ1) is 15.4. The largest absolute Gasteiger partial charge is 0.463 e. The predicted octanol–water partition coefficient (Wildman–Crippen LogP) is 3.09. The normalized spacial score (nSPS) is 19.2. The molecule has 3 heterocycles. The highest BCUT2D eigenvalue weighted by Crippen LogP contribution is 2.38. The molecule has 1 aromatic carbocycles. The first kappa shape index (κ1) is 22.0. The van der Waals surface area contributed by atoms with Crippen LogP contribution in [0, 0.1) is 12.8 Å². The molecule has 1 saturated heterocycles. The van der Waals surface area contributed by atoms with Gasteiger partial charge in [0.25, 0.3) is 0 Å². The van der Waals surface area contributed by atoms with Crippen molar-refractivity contribution in [3.63, 3.8) is 0 Å². The minimum absolute atomic E-state index is 0.0304. The summed E-state index contributed by atoms with van der Waals surface area (Å²) < 4.78 is 7.14. The Labute approximate surface area is 188 Å². The van der Waals surface area contributed by atoms with Gasteiger partial charge in [-0.05, 0) is 45.1 Å². The van der Waals surface area contributed by atoms with E-state index in [0.29, 0.717) is 23.1 Å². The number of nitrogens with zero attached hydrogens (tertiary/aromatic N) is 5. The summed E-state index contributed by atoms with van der Waals surface area (Å²) in [6.07, 6.45) is 3.50. The fraction of sp³-hybridized carbons (Fsp3) is 0.500. The molecule has 0 N–H and O–H groups in total. The SMILES string of the molecule is CCOC(=O)C1=C(C)N(CC(=O)N2CCC(C)CC2)c2ncnn2C1c1ccc(C)cc1. The van der Waals surface area contributed by atoms with Gasteiger partial charge in [-0.15, -0.1) is 0 Å². The van der Waals surface area contributed by atoms with Crippen LogP contribution in [-0.4, -0.2) is 57.8 Å². The van der Waals surface area contributed by atoms with E-state index in [-0.39, 0.29) is 19.1 Å². The van der Waals surface area contributed by atoms with Crippen LogP contribution in [0.5, 0.6) is 0 Å². The number of esters is 1. The van der Waals surface area contributed by atoms with Gasteiger partial charge in [0, 0.05) is 18.8 Å². The highest BCUT2D eigenvalue weighted by Gasteiger charge is 2.39. The van der Waals surface area contributed by atoms with E-state index in [1.807, 2.05) is 43.0 Å². The van der Waals surface area contributed by atoms with Gasteiger partial charge >= 0.3 is 5.97 Å². The van der Waals surface area contributed by atoms with Crippen molar-refractivity contribution in [1.82, 2.24) is 19.7 Å². The molecule has 1 unspecified atom stereocenters. The second-order valence-corrected chi connectivity index (χ2v) is 8.69. The molecule has 8 heteroatoms. The number of likely N-dealkylation sites (tertiary alicyclic amines) is 1. The number of carbonyl (C=O) groups excluding carboxylic acids is 2. The molecule has 0 saturated carbocycles. The van der Waals surface area contributed by atoms with Gasteiger partial charge in [-0.25, -0.2) is 9.48 Å². The molecule has 0 bridgehead atoms. The van der Waals surface area contributed by atoms with Crippen LogP contribution in [0.3, 0.4) is 0 Å². The summed E-state index contributed by atoms with van der Waals surface area (Å²) in [4.78, 5) is 34.4. The minimum atomic E-state index is -0.464. The first-order valence-electron chi connectivity index (χ1n) is 11.3. The maximum Gasteiger partial charge on any atom is 0.338 e. The number of fused-ring (bicyclic) bond motifs is 1. The summed E-state index contributed by atoms with van der Waals surface area (Å²) in [6, 6.07) is 7.55. The molecular weight excluding hydrogens is 406 g/mol. The number of hydrogen-bond acceptors (Lipinski definition) is 6. The summed E-state index contributed by atoms with van der Waals surface area (Å²) in [5.74, 6) is 0.827. The maximum atomic E-state index is 13.1. The van der Waals surface area contributed by atoms with Crippen LogP contribution in [0.2, 0.25) is 0 Å². The van der Waals surface area contributed by atoms with Crippen LogP contribution in [0.25, 0.3) is 0 Å². The Morgan fingerprint density at radius 2 is 1.81 bits per heavy atom. The molecule has 1 amide bonds. The van der Waals surface area contributed by atoms with Crippen molar-refractivity contribution in [3.05, 3.63) is 53.0 Å². The van der Waals surface area contributed by atoms with Crippen LogP contribution in [-0.2, 0) is 14.3 Å². The quantitative estimate of drug-likeness (QED) is 0.669. The third kappa shape index (κ3) is 4.13. The van der Waals surface area contributed by atoms with E-state index in [0.717, 1.165) is 37.1 Å². The number of piperidine rings is 1. The highest BCUT2D eigenvalue weighted by molar-refractivity contribution is 5.93. The molecule has 170 valence electrons. The number of benzene rings is 1. The standard InChI is InChI=1S/C24H31N5O3/c1-5-32-23(31)21-18(4)28(14-20(30)27-12-10-17(3)11-13-27)24-25-15-26-29(24)22(21)19-8-6-16(2)7-9-19/h6-9,15,17,22H,5,10-14H2,1-4H3. The van der Waals surface area contributed by atoms with Gasteiger partial charge in [-0.1, -0.05) is 36.8 Å². The Morgan fingerprint density at radius 3 is 2.47 bits per heavy atom. The van der Waals surface area contributed by atoms with E-state index in [1.165, 1.54) is 6.33 Å². The summed E-state index contributed by atoms with van der Waals surface area (Å²) in [7, 11) is 0. The molecule has 1 atom stereocenters. The van der Waals surface area contributed by atoms with Gasteiger partial charge in [-0.2, -0.15) is 10.1 Å². The third-order valence-electron chi connectivity index (χ3n) is 6.43. The zero-order valence-electron chi connectivity index (χ0n) is 19.2. The molecule has 4 rings (SSSR count). The summed E-state index contributed by atoms with van der Waals surface area (Å²) >= 11 is 0. The number of carbonyl (C=O) groups is 2. The first-order valence-corrected chi connectivity index (χ1v) is 11.3. The van der Waals surface area contributed by atoms with Gasteiger partial charge in [-0.3, -0.25) is 4.79 Å². The molecule has 1 aromatic heterocycles. The van der Waals surface area contributed by atoms with Gasteiger partial charge < -0.3 is 14.5 Å². The Bertz CT molecular complexity index is 1020. The molecular formula is C24H31N5O3. The van der Waals surface area contributed by atoms with Crippen molar-refractivity contribution in [2.24, 2.45) is 5.92 Å². The maximum absolute atomic E-state index is 13.1. The number of allylic oxidation sites excluding steroid dienone is 1. The van der Waals surface area contributed by atoms with Crippen LogP contribution < -0.4 is 4.90 Å². The van der Waals surface area contributed by atoms with Crippen LogP contribution >= 0.6 is 0 Å². The number of rotatable bonds is 5. The number of amides is 1. The molecule has 8 nitrogen and oxygen atoms in total.